The number of hydrogen-bond donors (Lipinski definition) is 1. The molecule has 1 aliphatic rings. The number of phenols is 1. The van der Waals surface area contributed by atoms with E-state index in [1.54, 1.807) is 29.4 Å². The van der Waals surface area contributed by atoms with Gasteiger partial charge in [0.15, 0.2) is 0 Å². The lowest BCUT2D eigenvalue weighted by Gasteiger charge is -2.36. The van der Waals surface area contributed by atoms with E-state index in [1.165, 1.54) is 13.2 Å². The van der Waals surface area contributed by atoms with Crippen LogP contribution in [0.5, 0.6) is 11.5 Å². The zero-order valence-electron chi connectivity index (χ0n) is 13.0. The van der Waals surface area contributed by atoms with Gasteiger partial charge in [-0.25, -0.2) is 0 Å². The third-order valence-corrected chi connectivity index (χ3v) is 4.03. The van der Waals surface area contributed by atoms with E-state index in [2.05, 4.69) is 9.88 Å². The monoisotopic (exact) mass is 313 g/mol. The summed E-state index contributed by atoms with van der Waals surface area (Å²) in [6.45, 7) is 2.75. The quantitative estimate of drug-likeness (QED) is 0.935. The molecular formula is C17H19N3O3. The van der Waals surface area contributed by atoms with E-state index in [0.29, 0.717) is 24.4 Å². The lowest BCUT2D eigenvalue weighted by atomic mass is 10.1. The van der Waals surface area contributed by atoms with Crippen molar-refractivity contribution in [3.05, 3.63) is 48.3 Å². The summed E-state index contributed by atoms with van der Waals surface area (Å²) in [6.07, 6.45) is 3.53. The van der Waals surface area contributed by atoms with Crippen molar-refractivity contribution in [2.24, 2.45) is 0 Å². The Hall–Kier alpha value is -2.76. The molecule has 0 bridgehead atoms. The van der Waals surface area contributed by atoms with Crippen LogP contribution in [0.3, 0.4) is 0 Å². The van der Waals surface area contributed by atoms with Gasteiger partial charge in [0.05, 0.1) is 12.7 Å². The van der Waals surface area contributed by atoms with Crippen molar-refractivity contribution in [2.45, 2.75) is 0 Å². The number of phenolic OH excluding ortho intramolecular Hbond substituents is 1. The van der Waals surface area contributed by atoms with Crippen molar-refractivity contribution in [1.82, 2.24) is 9.88 Å². The van der Waals surface area contributed by atoms with E-state index in [0.717, 1.165) is 18.8 Å². The predicted octanol–water partition coefficient (Wildman–Crippen LogP) is 1.76. The molecule has 1 fully saturated rings. The van der Waals surface area contributed by atoms with Gasteiger partial charge in [-0.15, -0.1) is 0 Å². The second-order valence-electron chi connectivity index (χ2n) is 5.37. The minimum Gasteiger partial charge on any atom is -0.507 e. The summed E-state index contributed by atoms with van der Waals surface area (Å²) in [5, 5.41) is 10.0. The fraction of sp³-hybridized carbons (Fsp3) is 0.294. The third kappa shape index (κ3) is 3.21. The number of carbonyl (C=O) groups excluding carboxylic acids is 1. The van der Waals surface area contributed by atoms with Gasteiger partial charge in [0.25, 0.3) is 5.91 Å². The van der Waals surface area contributed by atoms with E-state index in [1.807, 2.05) is 12.1 Å². The summed E-state index contributed by atoms with van der Waals surface area (Å²) in [5.74, 6) is 0.326. The summed E-state index contributed by atoms with van der Waals surface area (Å²) in [6, 6.07) is 8.67. The molecule has 1 aliphatic heterocycles. The van der Waals surface area contributed by atoms with Gasteiger partial charge >= 0.3 is 0 Å². The van der Waals surface area contributed by atoms with Crippen molar-refractivity contribution in [3.8, 4) is 11.5 Å². The van der Waals surface area contributed by atoms with Gasteiger partial charge in [-0.2, -0.15) is 0 Å². The van der Waals surface area contributed by atoms with Gasteiger partial charge in [-0.1, -0.05) is 0 Å². The minimum absolute atomic E-state index is 0.0501. The van der Waals surface area contributed by atoms with Gasteiger partial charge in [-0.05, 0) is 24.3 Å². The molecule has 2 heterocycles. The SMILES string of the molecule is COc1ccc(C(=O)N2CCN(c3ccncc3)CC2)c(O)c1. The summed E-state index contributed by atoms with van der Waals surface area (Å²) in [5.41, 5.74) is 1.42. The Morgan fingerprint density at radius 2 is 1.83 bits per heavy atom. The molecule has 6 nitrogen and oxygen atoms in total. The molecule has 1 amide bonds. The molecule has 0 atom stereocenters. The van der Waals surface area contributed by atoms with Crippen molar-refractivity contribution >= 4 is 11.6 Å². The zero-order chi connectivity index (χ0) is 16.2. The fourth-order valence-corrected chi connectivity index (χ4v) is 2.71. The van der Waals surface area contributed by atoms with Crippen LogP contribution >= 0.6 is 0 Å². The first-order valence-electron chi connectivity index (χ1n) is 7.50. The molecule has 2 aromatic rings. The average Bonchev–Trinajstić information content (AvgIpc) is 2.62. The Morgan fingerprint density at radius 3 is 2.43 bits per heavy atom. The average molecular weight is 313 g/mol. The second kappa shape index (κ2) is 6.56. The standard InChI is InChI=1S/C17H19N3O3/c1-23-14-2-3-15(16(21)12-14)17(22)20-10-8-19(9-11-20)13-4-6-18-7-5-13/h2-7,12,21H,8-11H2,1H3. The van der Waals surface area contributed by atoms with Crippen molar-refractivity contribution < 1.29 is 14.6 Å². The molecule has 1 N–H and O–H groups in total. The maximum absolute atomic E-state index is 12.6. The molecule has 1 aromatic carbocycles. The first-order valence-corrected chi connectivity index (χ1v) is 7.50. The number of rotatable bonds is 3. The normalized spacial score (nSPS) is 14.7. The van der Waals surface area contributed by atoms with Gasteiger partial charge in [0.1, 0.15) is 11.5 Å². The lowest BCUT2D eigenvalue weighted by Crippen LogP contribution is -2.48. The molecule has 0 radical (unpaired) electrons. The number of amides is 1. The number of aromatic hydroxyl groups is 1. The van der Waals surface area contributed by atoms with Crippen LogP contribution in [-0.4, -0.2) is 54.2 Å². The summed E-state index contributed by atoms with van der Waals surface area (Å²) in [7, 11) is 1.52. The number of aromatic nitrogens is 1. The predicted molar refractivity (Wildman–Crippen MR) is 87.0 cm³/mol. The number of anilines is 1. The number of piperazine rings is 1. The number of carbonyl (C=O) groups is 1. The molecule has 23 heavy (non-hydrogen) atoms. The number of pyridine rings is 1. The number of benzene rings is 1. The smallest absolute Gasteiger partial charge is 0.257 e. The van der Waals surface area contributed by atoms with E-state index in [-0.39, 0.29) is 11.7 Å². The Kier molecular flexibility index (Phi) is 4.32. The van der Waals surface area contributed by atoms with Crippen LogP contribution in [0.2, 0.25) is 0 Å². The second-order valence-corrected chi connectivity index (χ2v) is 5.37. The Balaban J connectivity index is 1.66. The van der Waals surface area contributed by atoms with Crippen LogP contribution in [0, 0.1) is 0 Å². The van der Waals surface area contributed by atoms with Crippen molar-refractivity contribution in [1.29, 1.82) is 0 Å². The molecule has 1 saturated heterocycles. The zero-order valence-corrected chi connectivity index (χ0v) is 13.0. The highest BCUT2D eigenvalue weighted by Gasteiger charge is 2.24. The van der Waals surface area contributed by atoms with E-state index in [9.17, 15) is 9.90 Å². The molecule has 1 aromatic heterocycles. The van der Waals surface area contributed by atoms with Crippen LogP contribution in [0.15, 0.2) is 42.7 Å². The highest BCUT2D eigenvalue weighted by molar-refractivity contribution is 5.97. The Morgan fingerprint density at radius 1 is 1.13 bits per heavy atom. The number of ether oxygens (including phenoxy) is 1. The Bertz CT molecular complexity index is 683. The summed E-state index contributed by atoms with van der Waals surface area (Å²) < 4.78 is 5.04. The van der Waals surface area contributed by atoms with Crippen LogP contribution in [-0.2, 0) is 0 Å². The van der Waals surface area contributed by atoms with Crippen molar-refractivity contribution in [3.63, 3.8) is 0 Å². The maximum Gasteiger partial charge on any atom is 0.257 e. The van der Waals surface area contributed by atoms with Gasteiger partial charge in [0, 0.05) is 50.3 Å². The molecule has 0 saturated carbocycles. The largest absolute Gasteiger partial charge is 0.507 e. The highest BCUT2D eigenvalue weighted by atomic mass is 16.5. The van der Waals surface area contributed by atoms with Crippen LogP contribution < -0.4 is 9.64 Å². The van der Waals surface area contributed by atoms with E-state index < -0.39 is 0 Å². The minimum atomic E-state index is -0.153. The molecular weight excluding hydrogens is 294 g/mol. The highest BCUT2D eigenvalue weighted by Crippen LogP contribution is 2.25. The first-order chi connectivity index (χ1) is 11.2. The van der Waals surface area contributed by atoms with Gasteiger partial charge < -0.3 is 19.6 Å². The summed E-state index contributed by atoms with van der Waals surface area (Å²) in [4.78, 5) is 20.6. The van der Waals surface area contributed by atoms with E-state index in [4.69, 9.17) is 4.74 Å². The third-order valence-electron chi connectivity index (χ3n) is 4.03. The van der Waals surface area contributed by atoms with Gasteiger partial charge in [0.2, 0.25) is 0 Å². The van der Waals surface area contributed by atoms with Crippen molar-refractivity contribution in [2.75, 3.05) is 38.2 Å². The number of nitrogens with zero attached hydrogens (tertiary/aromatic N) is 3. The molecule has 0 spiro atoms. The fourth-order valence-electron chi connectivity index (χ4n) is 2.71. The summed E-state index contributed by atoms with van der Waals surface area (Å²) >= 11 is 0. The maximum atomic E-state index is 12.6. The van der Waals surface area contributed by atoms with Crippen LogP contribution in [0.25, 0.3) is 0 Å². The van der Waals surface area contributed by atoms with Crippen LogP contribution in [0.4, 0.5) is 5.69 Å². The Labute approximate surface area is 134 Å². The van der Waals surface area contributed by atoms with Crippen LogP contribution in [0.1, 0.15) is 10.4 Å². The molecule has 0 aliphatic carbocycles. The first kappa shape index (κ1) is 15.1. The number of methoxy groups -OCH3 is 1. The number of hydrogen-bond acceptors (Lipinski definition) is 5. The van der Waals surface area contributed by atoms with Gasteiger partial charge in [-0.3, -0.25) is 9.78 Å². The molecule has 6 heteroatoms. The van der Waals surface area contributed by atoms with E-state index >= 15 is 0 Å². The molecule has 3 rings (SSSR count). The topological polar surface area (TPSA) is 65.9 Å². The molecule has 0 unspecified atom stereocenters. The lowest BCUT2D eigenvalue weighted by molar-refractivity contribution is 0.0743. The molecule has 120 valence electrons.